The van der Waals surface area contributed by atoms with Crippen molar-refractivity contribution in [3.05, 3.63) is 0 Å². The monoisotopic (exact) mass is 372 g/mol. The number of carboxylic acid groups (broad SMARTS) is 1. The summed E-state index contributed by atoms with van der Waals surface area (Å²) in [7, 11) is 0. The number of aliphatic carboxylic acids is 1. The lowest BCUT2D eigenvalue weighted by Gasteiger charge is -2.03. The predicted octanol–water partition coefficient (Wildman–Crippen LogP) is 6.29. The maximum absolute atomic E-state index is 9.87. The third-order valence-electron chi connectivity index (χ3n) is 4.41. The summed E-state index contributed by atoms with van der Waals surface area (Å²) >= 11 is 0. The Morgan fingerprint density at radius 2 is 0.923 bits per heavy atom. The lowest BCUT2D eigenvalue weighted by molar-refractivity contribution is -0.139. The molecule has 0 saturated heterocycles. The fourth-order valence-electron chi connectivity index (χ4n) is 2.87. The zero-order valence-corrected chi connectivity index (χ0v) is 17.4. The molecule has 0 atom stereocenters. The van der Waals surface area contributed by atoms with Crippen molar-refractivity contribution in [3.63, 3.8) is 0 Å². The Kier molecular flexibility index (Phi) is 25.3. The van der Waals surface area contributed by atoms with Gasteiger partial charge in [0.25, 0.3) is 0 Å². The largest absolute Gasteiger partial charge is 0.481 e. The summed E-state index contributed by atoms with van der Waals surface area (Å²) in [4.78, 5) is 19.5. The SMILES string of the molecule is CC(=O)CC(=O)O.CCCCCCCCCCCCCCCCCCO. The molecule has 0 aromatic carbocycles. The Labute approximate surface area is 161 Å². The maximum Gasteiger partial charge on any atom is 0.310 e. The Morgan fingerprint density at radius 3 is 1.12 bits per heavy atom. The molecule has 0 spiro atoms. The van der Waals surface area contributed by atoms with Crippen LogP contribution < -0.4 is 0 Å². The van der Waals surface area contributed by atoms with Crippen LogP contribution in [0.5, 0.6) is 0 Å². The number of rotatable bonds is 18. The smallest absolute Gasteiger partial charge is 0.310 e. The molecule has 0 heterocycles. The second-order valence-corrected chi connectivity index (χ2v) is 7.30. The number of carboxylic acids is 1. The molecule has 0 fully saturated rings. The van der Waals surface area contributed by atoms with Crippen LogP contribution in [0, 0.1) is 0 Å². The number of hydrogen-bond acceptors (Lipinski definition) is 3. The number of unbranched alkanes of at least 4 members (excludes halogenated alkanes) is 15. The molecule has 0 bridgehead atoms. The van der Waals surface area contributed by atoms with Crippen LogP contribution >= 0.6 is 0 Å². The van der Waals surface area contributed by atoms with Crippen molar-refractivity contribution in [2.24, 2.45) is 0 Å². The molecular formula is C22H44O4. The summed E-state index contributed by atoms with van der Waals surface area (Å²) in [6.45, 7) is 3.90. The summed E-state index contributed by atoms with van der Waals surface area (Å²) in [5, 5.41) is 16.5. The fourth-order valence-corrected chi connectivity index (χ4v) is 2.87. The first-order valence-electron chi connectivity index (χ1n) is 10.9. The Bertz CT molecular complexity index is 275. The van der Waals surface area contributed by atoms with Crippen molar-refractivity contribution in [3.8, 4) is 0 Å². The van der Waals surface area contributed by atoms with E-state index in [1.54, 1.807) is 0 Å². The molecule has 0 rings (SSSR count). The van der Waals surface area contributed by atoms with Gasteiger partial charge in [-0.05, 0) is 13.3 Å². The Balaban J connectivity index is 0. The van der Waals surface area contributed by atoms with Gasteiger partial charge in [0.05, 0.1) is 0 Å². The average molecular weight is 373 g/mol. The number of carbonyl (C=O) groups excluding carboxylic acids is 1. The number of carbonyl (C=O) groups is 2. The van der Waals surface area contributed by atoms with E-state index in [1.165, 1.54) is 103 Å². The molecule has 0 unspecified atom stereocenters. The maximum atomic E-state index is 9.87. The average Bonchev–Trinajstić information content (AvgIpc) is 2.58. The van der Waals surface area contributed by atoms with Gasteiger partial charge in [-0.25, -0.2) is 0 Å². The predicted molar refractivity (Wildman–Crippen MR) is 110 cm³/mol. The first kappa shape index (κ1) is 27.3. The molecule has 0 amide bonds. The molecule has 156 valence electrons. The van der Waals surface area contributed by atoms with Crippen LogP contribution in [-0.2, 0) is 9.59 Å². The molecule has 0 aromatic rings. The van der Waals surface area contributed by atoms with Crippen LogP contribution in [0.4, 0.5) is 0 Å². The van der Waals surface area contributed by atoms with Crippen molar-refractivity contribution in [1.29, 1.82) is 0 Å². The van der Waals surface area contributed by atoms with E-state index in [2.05, 4.69) is 6.92 Å². The molecule has 4 heteroatoms. The highest BCUT2D eigenvalue weighted by Crippen LogP contribution is 2.13. The van der Waals surface area contributed by atoms with E-state index in [1.807, 2.05) is 0 Å². The van der Waals surface area contributed by atoms with E-state index >= 15 is 0 Å². The molecular weight excluding hydrogens is 328 g/mol. The van der Waals surface area contributed by atoms with Gasteiger partial charge in [0.2, 0.25) is 0 Å². The summed E-state index contributed by atoms with van der Waals surface area (Å²) in [5.74, 6) is -1.37. The number of aliphatic hydroxyl groups is 1. The zero-order valence-electron chi connectivity index (χ0n) is 17.4. The first-order chi connectivity index (χ1) is 12.5. The van der Waals surface area contributed by atoms with Gasteiger partial charge in [-0.1, -0.05) is 103 Å². The van der Waals surface area contributed by atoms with E-state index < -0.39 is 5.97 Å². The first-order valence-corrected chi connectivity index (χ1v) is 10.9. The van der Waals surface area contributed by atoms with Gasteiger partial charge in [-0.15, -0.1) is 0 Å². The highest BCUT2D eigenvalue weighted by atomic mass is 16.4. The van der Waals surface area contributed by atoms with Crippen LogP contribution in [0.2, 0.25) is 0 Å². The topological polar surface area (TPSA) is 74.6 Å². The number of Topliss-reactive ketones (excluding diaryl/α,β-unsaturated/α-hetero) is 1. The summed E-state index contributed by atoms with van der Waals surface area (Å²) in [6, 6.07) is 0. The normalized spacial score (nSPS) is 10.3. The quantitative estimate of drug-likeness (QED) is 0.219. The van der Waals surface area contributed by atoms with Crippen LogP contribution in [0.1, 0.15) is 123 Å². The van der Waals surface area contributed by atoms with Gasteiger partial charge in [-0.2, -0.15) is 0 Å². The van der Waals surface area contributed by atoms with Crippen LogP contribution in [-0.4, -0.2) is 28.6 Å². The highest BCUT2D eigenvalue weighted by Gasteiger charge is 1.98. The van der Waals surface area contributed by atoms with E-state index in [4.69, 9.17) is 10.2 Å². The highest BCUT2D eigenvalue weighted by molar-refractivity contribution is 5.93. The van der Waals surface area contributed by atoms with E-state index in [9.17, 15) is 9.59 Å². The molecule has 4 nitrogen and oxygen atoms in total. The third-order valence-corrected chi connectivity index (χ3v) is 4.41. The zero-order chi connectivity index (χ0) is 19.9. The second-order valence-electron chi connectivity index (χ2n) is 7.30. The molecule has 0 radical (unpaired) electrons. The van der Waals surface area contributed by atoms with Crippen LogP contribution in [0.15, 0.2) is 0 Å². The number of aliphatic hydroxyl groups excluding tert-OH is 1. The van der Waals surface area contributed by atoms with Crippen molar-refractivity contribution in [1.82, 2.24) is 0 Å². The Morgan fingerprint density at radius 1 is 0.615 bits per heavy atom. The van der Waals surface area contributed by atoms with Gasteiger partial charge < -0.3 is 10.2 Å². The molecule has 2 N–H and O–H groups in total. The van der Waals surface area contributed by atoms with Gasteiger partial charge in [-0.3, -0.25) is 9.59 Å². The van der Waals surface area contributed by atoms with Crippen molar-refractivity contribution < 1.29 is 19.8 Å². The minimum Gasteiger partial charge on any atom is -0.481 e. The van der Waals surface area contributed by atoms with Crippen LogP contribution in [0.25, 0.3) is 0 Å². The van der Waals surface area contributed by atoms with Gasteiger partial charge in [0.1, 0.15) is 12.2 Å². The van der Waals surface area contributed by atoms with Crippen LogP contribution in [0.3, 0.4) is 0 Å². The lowest BCUT2D eigenvalue weighted by Crippen LogP contribution is -2.00. The standard InChI is InChI=1S/C18H38O.C4H6O3/c1-2-3-4-5-6-7-8-9-10-11-12-13-14-15-16-17-18-19;1-3(5)2-4(6)7/h19H,2-18H2,1H3;2H2,1H3,(H,6,7). The minimum absolute atomic E-state index is 0.312. The molecule has 0 aliphatic heterocycles. The summed E-state index contributed by atoms with van der Waals surface area (Å²) < 4.78 is 0. The van der Waals surface area contributed by atoms with Crippen molar-refractivity contribution >= 4 is 11.8 Å². The summed E-state index contributed by atoms with van der Waals surface area (Å²) in [6.07, 6.45) is 21.8. The second kappa shape index (κ2) is 24.1. The molecule has 26 heavy (non-hydrogen) atoms. The molecule has 0 aliphatic carbocycles. The van der Waals surface area contributed by atoms with E-state index in [0.29, 0.717) is 6.61 Å². The fraction of sp³-hybridized carbons (Fsp3) is 0.909. The van der Waals surface area contributed by atoms with Crippen molar-refractivity contribution in [2.75, 3.05) is 6.61 Å². The molecule has 0 saturated carbocycles. The van der Waals surface area contributed by atoms with Gasteiger partial charge >= 0.3 is 5.97 Å². The van der Waals surface area contributed by atoms with E-state index in [0.717, 1.165) is 6.42 Å². The van der Waals surface area contributed by atoms with Gasteiger partial charge in [0.15, 0.2) is 0 Å². The minimum atomic E-state index is -1.06. The van der Waals surface area contributed by atoms with Crippen molar-refractivity contribution in [2.45, 2.75) is 123 Å². The van der Waals surface area contributed by atoms with Gasteiger partial charge in [0, 0.05) is 6.61 Å². The molecule has 0 aromatic heterocycles. The number of ketones is 1. The number of hydrogen-bond donors (Lipinski definition) is 2. The lowest BCUT2D eigenvalue weighted by atomic mass is 10.0. The molecule has 0 aliphatic rings. The van der Waals surface area contributed by atoms with E-state index in [-0.39, 0.29) is 12.2 Å². The third kappa shape index (κ3) is 30.9. The Hall–Kier alpha value is -0.900. The summed E-state index contributed by atoms with van der Waals surface area (Å²) in [5.41, 5.74) is 0.